The number of nitrogens with one attached hydrogen (secondary N) is 2. The van der Waals surface area contributed by atoms with Crippen LogP contribution in [0.4, 0.5) is 26.3 Å². The van der Waals surface area contributed by atoms with Crippen molar-refractivity contribution in [3.05, 3.63) is 107 Å². The van der Waals surface area contributed by atoms with Crippen LogP contribution < -0.4 is 10.6 Å². The Hall–Kier alpha value is -3.96. The number of piperazine rings is 1. The summed E-state index contributed by atoms with van der Waals surface area (Å²) in [6, 6.07) is 12.7. The topological polar surface area (TPSA) is 63.1 Å². The highest BCUT2D eigenvalue weighted by molar-refractivity contribution is 6.05. The van der Waals surface area contributed by atoms with Crippen LogP contribution in [0.5, 0.6) is 0 Å². The monoisotopic (exact) mass is 573 g/mol. The van der Waals surface area contributed by atoms with Gasteiger partial charge in [0, 0.05) is 47.9 Å². The molecule has 2 heterocycles. The number of rotatable bonds is 6. The molecule has 214 valence electrons. The summed E-state index contributed by atoms with van der Waals surface area (Å²) in [7, 11) is 1.84. The predicted octanol–water partition coefficient (Wildman–Crippen LogP) is 5.82. The molecule has 0 saturated carbocycles. The maximum Gasteiger partial charge on any atom is 0.417 e. The Labute approximate surface area is 231 Å². The van der Waals surface area contributed by atoms with Gasteiger partial charge in [-0.05, 0) is 30.2 Å². The summed E-state index contributed by atoms with van der Waals surface area (Å²) < 4.78 is 84.3. The molecule has 1 aromatic heterocycles. The van der Waals surface area contributed by atoms with Crippen LogP contribution in [-0.4, -0.2) is 40.8 Å². The molecule has 11 heteroatoms. The van der Waals surface area contributed by atoms with Crippen molar-refractivity contribution in [1.82, 2.24) is 15.2 Å². The van der Waals surface area contributed by atoms with Crippen molar-refractivity contribution in [2.45, 2.75) is 36.9 Å². The average molecular weight is 574 g/mol. The van der Waals surface area contributed by atoms with Crippen LogP contribution in [0.15, 0.2) is 79.0 Å². The highest BCUT2D eigenvalue weighted by Crippen LogP contribution is 2.34. The molecule has 3 aromatic carbocycles. The Morgan fingerprint density at radius 1 is 0.805 bits per heavy atom. The number of aryl methyl sites for hydroxylation is 1. The van der Waals surface area contributed by atoms with Crippen LogP contribution in [0.1, 0.15) is 37.4 Å². The fourth-order valence-electron chi connectivity index (χ4n) is 5.47. The number of nitrogens with zero attached hydrogens (tertiary/aromatic N) is 1. The lowest BCUT2D eigenvalue weighted by atomic mass is 9.87. The summed E-state index contributed by atoms with van der Waals surface area (Å²) in [5.74, 6) is -1.84. The van der Waals surface area contributed by atoms with Gasteiger partial charge in [0.25, 0.3) is 0 Å². The molecule has 41 heavy (non-hydrogen) atoms. The van der Waals surface area contributed by atoms with Gasteiger partial charge in [-0.2, -0.15) is 26.3 Å². The molecule has 4 aromatic rings. The molecule has 0 bridgehead atoms. The molecular formula is C30H25F6N3O2. The zero-order valence-corrected chi connectivity index (χ0v) is 21.7. The molecular weight excluding hydrogens is 548 g/mol. The number of alkyl halides is 6. The van der Waals surface area contributed by atoms with Gasteiger partial charge < -0.3 is 9.88 Å². The first kappa shape index (κ1) is 28.6. The summed E-state index contributed by atoms with van der Waals surface area (Å²) >= 11 is 0. The SMILES string of the molecule is Cn1cc(CC2NCC(C(=O)c3ccccc3C(F)(F)F)NC2C(=O)c2ccccc2C(F)(F)F)c2ccccc21. The van der Waals surface area contributed by atoms with Crippen LogP contribution in [0.3, 0.4) is 0 Å². The summed E-state index contributed by atoms with van der Waals surface area (Å²) in [5.41, 5.74) is -1.72. The molecule has 0 radical (unpaired) electrons. The zero-order chi connectivity index (χ0) is 29.5. The number of benzene rings is 3. The zero-order valence-electron chi connectivity index (χ0n) is 21.7. The van der Waals surface area contributed by atoms with Gasteiger partial charge in [-0.1, -0.05) is 54.6 Å². The van der Waals surface area contributed by atoms with E-state index in [0.29, 0.717) is 0 Å². The van der Waals surface area contributed by atoms with E-state index in [1.165, 1.54) is 18.2 Å². The number of carbonyl (C=O) groups excluding carboxylic acids is 2. The van der Waals surface area contributed by atoms with E-state index in [-0.39, 0.29) is 13.0 Å². The van der Waals surface area contributed by atoms with Crippen molar-refractivity contribution < 1.29 is 35.9 Å². The summed E-state index contributed by atoms with van der Waals surface area (Å²) in [5, 5.41) is 6.80. The van der Waals surface area contributed by atoms with Gasteiger partial charge >= 0.3 is 12.4 Å². The number of para-hydroxylation sites is 1. The second kappa shape index (κ2) is 10.8. The van der Waals surface area contributed by atoms with Crippen molar-refractivity contribution in [1.29, 1.82) is 0 Å². The minimum Gasteiger partial charge on any atom is -0.350 e. The van der Waals surface area contributed by atoms with E-state index in [1.54, 1.807) is 0 Å². The van der Waals surface area contributed by atoms with Crippen molar-refractivity contribution in [2.75, 3.05) is 6.54 Å². The average Bonchev–Trinajstić information content (AvgIpc) is 3.26. The van der Waals surface area contributed by atoms with E-state index >= 15 is 0 Å². The number of fused-ring (bicyclic) bond motifs is 1. The van der Waals surface area contributed by atoms with E-state index in [1.807, 2.05) is 42.1 Å². The molecule has 1 fully saturated rings. The van der Waals surface area contributed by atoms with Crippen LogP contribution in [0, 0.1) is 0 Å². The third-order valence-corrected chi connectivity index (χ3v) is 7.38. The van der Waals surface area contributed by atoms with Gasteiger partial charge in [0.2, 0.25) is 0 Å². The first-order chi connectivity index (χ1) is 19.4. The molecule has 0 amide bonds. The van der Waals surface area contributed by atoms with Gasteiger partial charge in [-0.15, -0.1) is 0 Å². The van der Waals surface area contributed by atoms with Crippen LogP contribution in [-0.2, 0) is 25.8 Å². The maximum atomic E-state index is 13.8. The van der Waals surface area contributed by atoms with E-state index in [0.717, 1.165) is 46.8 Å². The third kappa shape index (κ3) is 5.64. The fraction of sp³-hybridized carbons (Fsp3) is 0.267. The standard InChI is InChI=1S/C30H25F6N3O2/c1-39-16-17(18-8-4-7-13-25(18)39)14-23-26(28(41)20-10-3-6-12-22(20)30(34,35)36)38-24(15-37-23)27(40)19-9-2-5-11-21(19)29(31,32)33/h2-13,16,23-24,26,37-38H,14-15H2,1H3. The predicted molar refractivity (Wildman–Crippen MR) is 141 cm³/mol. The van der Waals surface area contributed by atoms with Crippen molar-refractivity contribution in [2.24, 2.45) is 7.05 Å². The van der Waals surface area contributed by atoms with Crippen LogP contribution in [0.2, 0.25) is 0 Å². The molecule has 3 unspecified atom stereocenters. The van der Waals surface area contributed by atoms with E-state index in [4.69, 9.17) is 0 Å². The second-order valence-electron chi connectivity index (χ2n) is 10.0. The Balaban J connectivity index is 1.53. The van der Waals surface area contributed by atoms with E-state index in [2.05, 4.69) is 10.6 Å². The highest BCUT2D eigenvalue weighted by atomic mass is 19.4. The molecule has 5 nitrogen and oxygen atoms in total. The molecule has 2 N–H and O–H groups in total. The number of aromatic nitrogens is 1. The van der Waals surface area contributed by atoms with Gasteiger partial charge in [0.05, 0.1) is 23.2 Å². The smallest absolute Gasteiger partial charge is 0.350 e. The molecule has 1 aliphatic rings. The largest absolute Gasteiger partial charge is 0.417 e. The van der Waals surface area contributed by atoms with Gasteiger partial charge in [-0.3, -0.25) is 14.9 Å². The maximum absolute atomic E-state index is 13.8. The highest BCUT2D eigenvalue weighted by Gasteiger charge is 2.43. The van der Waals surface area contributed by atoms with Gasteiger partial charge in [-0.25, -0.2) is 0 Å². The summed E-state index contributed by atoms with van der Waals surface area (Å²) in [6.07, 6.45) is -7.56. The first-order valence-corrected chi connectivity index (χ1v) is 12.8. The second-order valence-corrected chi connectivity index (χ2v) is 10.0. The van der Waals surface area contributed by atoms with E-state index in [9.17, 15) is 35.9 Å². The number of halogens is 6. The number of hydrogen-bond donors (Lipinski definition) is 2. The Morgan fingerprint density at radius 3 is 1.95 bits per heavy atom. The number of hydrogen-bond acceptors (Lipinski definition) is 4. The molecule has 1 saturated heterocycles. The number of Topliss-reactive ketones (excluding diaryl/α,β-unsaturated/α-hetero) is 2. The Kier molecular flexibility index (Phi) is 7.52. The summed E-state index contributed by atoms with van der Waals surface area (Å²) in [4.78, 5) is 27.1. The Morgan fingerprint density at radius 2 is 1.34 bits per heavy atom. The molecule has 3 atom stereocenters. The van der Waals surface area contributed by atoms with E-state index < -0.39 is 64.3 Å². The Bertz CT molecular complexity index is 1610. The van der Waals surface area contributed by atoms with Gasteiger partial charge in [0.15, 0.2) is 11.6 Å². The molecule has 0 spiro atoms. The minimum absolute atomic E-state index is 0.134. The molecule has 5 rings (SSSR count). The lowest BCUT2D eigenvalue weighted by molar-refractivity contribution is -0.138. The van der Waals surface area contributed by atoms with Crippen LogP contribution >= 0.6 is 0 Å². The van der Waals surface area contributed by atoms with Crippen molar-refractivity contribution in [3.63, 3.8) is 0 Å². The third-order valence-electron chi connectivity index (χ3n) is 7.38. The molecule has 0 aliphatic carbocycles. The van der Waals surface area contributed by atoms with Crippen molar-refractivity contribution in [3.8, 4) is 0 Å². The quantitative estimate of drug-likeness (QED) is 0.225. The summed E-state index contributed by atoms with van der Waals surface area (Å²) in [6.45, 7) is -0.134. The first-order valence-electron chi connectivity index (χ1n) is 12.8. The van der Waals surface area contributed by atoms with Gasteiger partial charge in [0.1, 0.15) is 0 Å². The lowest BCUT2D eigenvalue weighted by Gasteiger charge is -2.37. The van der Waals surface area contributed by atoms with Crippen molar-refractivity contribution >= 4 is 22.5 Å². The molecule has 1 aliphatic heterocycles. The number of ketones is 2. The fourth-order valence-corrected chi connectivity index (χ4v) is 5.47. The minimum atomic E-state index is -4.82. The van der Waals surface area contributed by atoms with Crippen LogP contribution in [0.25, 0.3) is 10.9 Å². The number of carbonyl (C=O) groups is 2. The normalized spacial score (nSPS) is 19.8. The lowest BCUT2D eigenvalue weighted by Crippen LogP contribution is -2.66.